The minimum Gasteiger partial charge on any atom is -0.481 e. The van der Waals surface area contributed by atoms with Gasteiger partial charge in [-0.1, -0.05) is 32.8 Å². The SMILES string of the molecule is CCCCOC(=O)C(=CCCC(=O)O)CCCC. The molecule has 0 bridgehead atoms. The molecular formula is C14H24O4. The number of carboxylic acids is 1. The topological polar surface area (TPSA) is 63.6 Å². The van der Waals surface area contributed by atoms with Crippen molar-refractivity contribution in [3.8, 4) is 0 Å². The van der Waals surface area contributed by atoms with Gasteiger partial charge in [-0.15, -0.1) is 0 Å². The Morgan fingerprint density at radius 1 is 1.11 bits per heavy atom. The molecule has 4 heteroatoms. The van der Waals surface area contributed by atoms with Crippen molar-refractivity contribution >= 4 is 11.9 Å². The van der Waals surface area contributed by atoms with E-state index in [0.717, 1.165) is 25.7 Å². The standard InChI is InChI=1S/C14H24O4/c1-3-5-8-12(9-7-10-13(15)16)14(17)18-11-6-4-2/h9H,3-8,10-11H2,1-2H3,(H,15,16). The third-order valence-electron chi connectivity index (χ3n) is 2.54. The summed E-state index contributed by atoms with van der Waals surface area (Å²) in [6, 6.07) is 0. The van der Waals surface area contributed by atoms with Gasteiger partial charge in [-0.3, -0.25) is 4.79 Å². The first-order valence-corrected chi connectivity index (χ1v) is 6.69. The van der Waals surface area contributed by atoms with Crippen LogP contribution in [0.2, 0.25) is 0 Å². The molecule has 0 rings (SSSR count). The number of allylic oxidation sites excluding steroid dienone is 1. The summed E-state index contributed by atoms with van der Waals surface area (Å²) < 4.78 is 5.14. The number of aliphatic carboxylic acids is 1. The van der Waals surface area contributed by atoms with Crippen LogP contribution in [0.3, 0.4) is 0 Å². The lowest BCUT2D eigenvalue weighted by Gasteiger charge is -2.07. The average Bonchev–Trinajstić information content (AvgIpc) is 2.33. The molecule has 0 aromatic rings. The molecule has 0 aromatic carbocycles. The van der Waals surface area contributed by atoms with Crippen LogP contribution in [0.15, 0.2) is 11.6 Å². The van der Waals surface area contributed by atoms with Crippen LogP contribution in [0.4, 0.5) is 0 Å². The third-order valence-corrected chi connectivity index (χ3v) is 2.54. The zero-order chi connectivity index (χ0) is 13.8. The highest BCUT2D eigenvalue weighted by Crippen LogP contribution is 2.12. The van der Waals surface area contributed by atoms with E-state index < -0.39 is 5.97 Å². The van der Waals surface area contributed by atoms with E-state index in [2.05, 4.69) is 6.92 Å². The molecule has 0 aromatic heterocycles. The van der Waals surface area contributed by atoms with Gasteiger partial charge in [0, 0.05) is 12.0 Å². The molecule has 0 amide bonds. The molecule has 0 atom stereocenters. The monoisotopic (exact) mass is 256 g/mol. The number of carbonyl (C=O) groups excluding carboxylic acids is 1. The second kappa shape index (κ2) is 10.8. The Morgan fingerprint density at radius 2 is 1.78 bits per heavy atom. The van der Waals surface area contributed by atoms with Crippen molar-refractivity contribution in [2.24, 2.45) is 0 Å². The van der Waals surface area contributed by atoms with Crippen molar-refractivity contribution in [3.05, 3.63) is 11.6 Å². The van der Waals surface area contributed by atoms with E-state index in [1.165, 1.54) is 0 Å². The zero-order valence-corrected chi connectivity index (χ0v) is 11.4. The molecule has 0 aliphatic heterocycles. The summed E-state index contributed by atoms with van der Waals surface area (Å²) in [4.78, 5) is 22.2. The van der Waals surface area contributed by atoms with E-state index in [9.17, 15) is 9.59 Å². The molecule has 0 spiro atoms. The Morgan fingerprint density at radius 3 is 2.33 bits per heavy atom. The molecule has 104 valence electrons. The highest BCUT2D eigenvalue weighted by molar-refractivity contribution is 5.88. The molecule has 0 saturated heterocycles. The fraction of sp³-hybridized carbons (Fsp3) is 0.714. The van der Waals surface area contributed by atoms with Crippen LogP contribution in [-0.2, 0) is 14.3 Å². The van der Waals surface area contributed by atoms with Crippen molar-refractivity contribution in [3.63, 3.8) is 0 Å². The van der Waals surface area contributed by atoms with Crippen molar-refractivity contribution in [1.29, 1.82) is 0 Å². The third kappa shape index (κ3) is 8.79. The van der Waals surface area contributed by atoms with E-state index in [1.807, 2.05) is 6.92 Å². The minimum atomic E-state index is -0.847. The van der Waals surface area contributed by atoms with Gasteiger partial charge in [-0.25, -0.2) is 4.79 Å². The summed E-state index contributed by atoms with van der Waals surface area (Å²) in [6.07, 6.45) is 6.58. The van der Waals surface area contributed by atoms with Gasteiger partial charge in [-0.2, -0.15) is 0 Å². The van der Waals surface area contributed by atoms with E-state index in [1.54, 1.807) is 6.08 Å². The lowest BCUT2D eigenvalue weighted by atomic mass is 10.1. The van der Waals surface area contributed by atoms with Crippen LogP contribution in [0, 0.1) is 0 Å². The molecule has 0 aliphatic carbocycles. The summed E-state index contributed by atoms with van der Waals surface area (Å²) >= 11 is 0. The fourth-order valence-corrected chi connectivity index (χ4v) is 1.43. The quantitative estimate of drug-likeness (QED) is 0.370. The molecule has 4 nitrogen and oxygen atoms in total. The number of unbranched alkanes of at least 4 members (excludes halogenated alkanes) is 2. The molecule has 0 fully saturated rings. The summed E-state index contributed by atoms with van der Waals surface area (Å²) in [5.74, 6) is -1.14. The Labute approximate surface area is 109 Å². The molecule has 18 heavy (non-hydrogen) atoms. The molecular weight excluding hydrogens is 232 g/mol. The van der Waals surface area contributed by atoms with E-state index in [-0.39, 0.29) is 12.4 Å². The predicted molar refractivity (Wildman–Crippen MR) is 70.3 cm³/mol. The number of carbonyl (C=O) groups is 2. The summed E-state index contributed by atoms with van der Waals surface area (Å²) in [6.45, 7) is 4.53. The fourth-order valence-electron chi connectivity index (χ4n) is 1.43. The van der Waals surface area contributed by atoms with Crippen LogP contribution in [0.1, 0.15) is 58.8 Å². The normalized spacial score (nSPS) is 11.3. The number of hydrogen-bond acceptors (Lipinski definition) is 3. The minimum absolute atomic E-state index is 0.0534. The molecule has 0 unspecified atom stereocenters. The average molecular weight is 256 g/mol. The maximum atomic E-state index is 11.8. The number of rotatable bonds is 10. The van der Waals surface area contributed by atoms with Gasteiger partial charge in [0.05, 0.1) is 6.61 Å². The van der Waals surface area contributed by atoms with Gasteiger partial charge < -0.3 is 9.84 Å². The molecule has 0 saturated carbocycles. The Balaban J connectivity index is 4.26. The van der Waals surface area contributed by atoms with Crippen LogP contribution in [-0.4, -0.2) is 23.7 Å². The van der Waals surface area contributed by atoms with Gasteiger partial charge in [0.25, 0.3) is 0 Å². The zero-order valence-electron chi connectivity index (χ0n) is 11.4. The van der Waals surface area contributed by atoms with E-state index in [4.69, 9.17) is 9.84 Å². The van der Waals surface area contributed by atoms with Crippen molar-refractivity contribution < 1.29 is 19.4 Å². The largest absolute Gasteiger partial charge is 0.481 e. The second-order valence-corrected chi connectivity index (χ2v) is 4.25. The van der Waals surface area contributed by atoms with Gasteiger partial charge in [0.2, 0.25) is 0 Å². The lowest BCUT2D eigenvalue weighted by molar-refractivity contribution is -0.140. The smallest absolute Gasteiger partial charge is 0.333 e. The summed E-state index contributed by atoms with van der Waals surface area (Å²) in [7, 11) is 0. The first-order chi connectivity index (χ1) is 8.61. The highest BCUT2D eigenvalue weighted by atomic mass is 16.5. The van der Waals surface area contributed by atoms with Crippen molar-refractivity contribution in [2.45, 2.75) is 58.8 Å². The van der Waals surface area contributed by atoms with Crippen LogP contribution < -0.4 is 0 Å². The molecule has 0 radical (unpaired) electrons. The van der Waals surface area contributed by atoms with Crippen LogP contribution >= 0.6 is 0 Å². The van der Waals surface area contributed by atoms with Gasteiger partial charge in [0.1, 0.15) is 0 Å². The van der Waals surface area contributed by atoms with Gasteiger partial charge in [0.15, 0.2) is 0 Å². The van der Waals surface area contributed by atoms with Gasteiger partial charge in [-0.05, 0) is 25.7 Å². The summed E-state index contributed by atoms with van der Waals surface area (Å²) in [5.41, 5.74) is 0.620. The first-order valence-electron chi connectivity index (χ1n) is 6.69. The van der Waals surface area contributed by atoms with Crippen LogP contribution in [0.25, 0.3) is 0 Å². The number of hydrogen-bond donors (Lipinski definition) is 1. The maximum Gasteiger partial charge on any atom is 0.333 e. The molecule has 0 aliphatic rings. The molecule has 0 heterocycles. The lowest BCUT2D eigenvalue weighted by Crippen LogP contribution is -2.09. The van der Waals surface area contributed by atoms with Gasteiger partial charge >= 0.3 is 11.9 Å². The Bertz CT molecular complexity index is 282. The highest BCUT2D eigenvalue weighted by Gasteiger charge is 2.10. The first kappa shape index (κ1) is 16.7. The maximum absolute atomic E-state index is 11.8. The Hall–Kier alpha value is -1.32. The van der Waals surface area contributed by atoms with Crippen LogP contribution in [0.5, 0.6) is 0 Å². The van der Waals surface area contributed by atoms with E-state index >= 15 is 0 Å². The number of esters is 1. The second-order valence-electron chi connectivity index (χ2n) is 4.25. The van der Waals surface area contributed by atoms with Crippen molar-refractivity contribution in [1.82, 2.24) is 0 Å². The number of ether oxygens (including phenoxy) is 1. The van der Waals surface area contributed by atoms with E-state index in [0.29, 0.717) is 25.0 Å². The summed E-state index contributed by atoms with van der Waals surface area (Å²) in [5, 5.41) is 8.57. The molecule has 1 N–H and O–H groups in total. The van der Waals surface area contributed by atoms with Crippen molar-refractivity contribution in [2.75, 3.05) is 6.61 Å². The number of carboxylic acid groups (broad SMARTS) is 1. The predicted octanol–water partition coefficient (Wildman–Crippen LogP) is 3.31. The Kier molecular flexibility index (Phi) is 10.0.